The SMILES string of the molecule is CC(=O)C(C)O.CC(=O)CO.CCC(=O)C(O)CC.CCC(=O)CO.CCCC(=O)C(O)CCC.O=C(CO)c1ccccc1.O=C(c1ccco1)C(O)c1ccco1.O=C1CCCCC1O. The second kappa shape index (κ2) is 44.6. The Kier molecular flexibility index (Phi) is 45.6. The number of rotatable bonds is 17. The Labute approximate surface area is 394 Å². The van der Waals surface area contributed by atoms with Gasteiger partial charge >= 0.3 is 0 Å². The summed E-state index contributed by atoms with van der Waals surface area (Å²) in [6.45, 7) is 12.2. The summed E-state index contributed by atoms with van der Waals surface area (Å²) in [7, 11) is 0. The lowest BCUT2D eigenvalue weighted by atomic mass is 9.97. The zero-order valence-electron chi connectivity index (χ0n) is 40.3. The van der Waals surface area contributed by atoms with Crippen molar-refractivity contribution in [1.82, 2.24) is 0 Å². The number of carbonyl (C=O) groups is 8. The first-order valence-corrected chi connectivity index (χ1v) is 22.1. The minimum Gasteiger partial charge on any atom is -0.466 e. The molecule has 0 spiro atoms. The molecule has 1 aliphatic rings. The van der Waals surface area contributed by atoms with Crippen LogP contribution in [0.25, 0.3) is 0 Å². The first-order valence-electron chi connectivity index (χ1n) is 22.1. The van der Waals surface area contributed by atoms with E-state index in [0.29, 0.717) is 50.5 Å². The Balaban J connectivity index is -0.000000346. The van der Waals surface area contributed by atoms with Crippen molar-refractivity contribution in [2.45, 2.75) is 157 Å². The molecule has 1 fully saturated rings. The molecule has 18 heteroatoms. The Morgan fingerprint density at radius 2 is 1.24 bits per heavy atom. The second-order valence-corrected chi connectivity index (χ2v) is 14.4. The summed E-state index contributed by atoms with van der Waals surface area (Å²) in [5.74, 6) is -0.936. The number of ketones is 8. The zero-order valence-corrected chi connectivity index (χ0v) is 40.3. The molecule has 8 N–H and O–H groups in total. The van der Waals surface area contributed by atoms with E-state index in [1.807, 2.05) is 19.9 Å². The number of aliphatic hydroxyl groups is 8. The van der Waals surface area contributed by atoms with Gasteiger partial charge in [0.05, 0.1) is 12.5 Å². The molecule has 0 bridgehead atoms. The van der Waals surface area contributed by atoms with E-state index in [1.165, 1.54) is 45.4 Å². The second-order valence-electron chi connectivity index (χ2n) is 14.4. The third-order valence-corrected chi connectivity index (χ3v) is 8.51. The third kappa shape index (κ3) is 38.6. The fourth-order valence-electron chi connectivity index (χ4n) is 4.23. The summed E-state index contributed by atoms with van der Waals surface area (Å²) >= 11 is 0. The highest BCUT2D eigenvalue weighted by Crippen LogP contribution is 2.19. The Hall–Kier alpha value is -5.18. The lowest BCUT2D eigenvalue weighted by Crippen LogP contribution is -2.23. The average molecular weight is 953 g/mol. The summed E-state index contributed by atoms with van der Waals surface area (Å²) in [6, 6.07) is 14.9. The maximum atomic E-state index is 11.5. The van der Waals surface area contributed by atoms with E-state index in [1.54, 1.807) is 57.2 Å². The fourth-order valence-corrected chi connectivity index (χ4v) is 4.23. The highest BCUT2D eigenvalue weighted by molar-refractivity contribution is 5.97. The molecule has 1 saturated carbocycles. The molecule has 0 amide bonds. The zero-order chi connectivity index (χ0) is 52.3. The minimum absolute atomic E-state index is 0.00986. The molecule has 380 valence electrons. The van der Waals surface area contributed by atoms with E-state index in [9.17, 15) is 43.5 Å². The first-order chi connectivity index (χ1) is 31.6. The van der Waals surface area contributed by atoms with Crippen molar-refractivity contribution in [3.63, 3.8) is 0 Å². The van der Waals surface area contributed by atoms with Gasteiger partial charge in [-0.05, 0) is 83.6 Å². The number of furan rings is 2. The van der Waals surface area contributed by atoms with Gasteiger partial charge in [0.15, 0.2) is 52.3 Å². The van der Waals surface area contributed by atoms with E-state index in [4.69, 9.17) is 44.6 Å². The van der Waals surface area contributed by atoms with Gasteiger partial charge in [-0.15, -0.1) is 0 Å². The van der Waals surface area contributed by atoms with Gasteiger partial charge in [-0.25, -0.2) is 0 Å². The van der Waals surface area contributed by atoms with Crippen LogP contribution in [-0.2, 0) is 28.8 Å². The van der Waals surface area contributed by atoms with Gasteiger partial charge in [0.25, 0.3) is 0 Å². The van der Waals surface area contributed by atoms with Crippen LogP contribution >= 0.6 is 0 Å². The Morgan fingerprint density at radius 1 is 0.687 bits per heavy atom. The molecule has 0 aliphatic heterocycles. The molecule has 5 unspecified atom stereocenters. The Bertz CT molecular complexity index is 1720. The molecule has 1 aromatic carbocycles. The van der Waals surface area contributed by atoms with Gasteiger partial charge in [-0.3, -0.25) is 38.4 Å². The molecular formula is C49H76O18. The van der Waals surface area contributed by atoms with Crippen molar-refractivity contribution in [1.29, 1.82) is 0 Å². The van der Waals surface area contributed by atoms with Crippen LogP contribution in [-0.4, -0.2) is 131 Å². The van der Waals surface area contributed by atoms with E-state index >= 15 is 0 Å². The maximum Gasteiger partial charge on any atom is 0.234 e. The van der Waals surface area contributed by atoms with Gasteiger partial charge in [-0.1, -0.05) is 71.4 Å². The van der Waals surface area contributed by atoms with Crippen molar-refractivity contribution in [3.05, 3.63) is 84.2 Å². The van der Waals surface area contributed by atoms with Crippen molar-refractivity contribution in [2.75, 3.05) is 19.8 Å². The third-order valence-electron chi connectivity index (χ3n) is 8.51. The van der Waals surface area contributed by atoms with Gasteiger partial charge in [0.1, 0.15) is 50.0 Å². The van der Waals surface area contributed by atoms with Crippen LogP contribution in [0.3, 0.4) is 0 Å². The monoisotopic (exact) mass is 953 g/mol. The maximum absolute atomic E-state index is 11.5. The van der Waals surface area contributed by atoms with E-state index in [-0.39, 0.29) is 65.2 Å². The van der Waals surface area contributed by atoms with Gasteiger partial charge < -0.3 is 49.7 Å². The number of aliphatic hydroxyl groups excluding tert-OH is 8. The smallest absolute Gasteiger partial charge is 0.234 e. The summed E-state index contributed by atoms with van der Waals surface area (Å²) < 4.78 is 9.77. The highest BCUT2D eigenvalue weighted by atomic mass is 16.4. The van der Waals surface area contributed by atoms with Crippen LogP contribution in [0.4, 0.5) is 0 Å². The summed E-state index contributed by atoms with van der Waals surface area (Å²) in [4.78, 5) is 83.6. The topological polar surface area (TPSA) is 325 Å². The molecule has 5 atom stereocenters. The van der Waals surface area contributed by atoms with Gasteiger partial charge in [0.2, 0.25) is 5.78 Å². The number of hydrogen-bond acceptors (Lipinski definition) is 18. The lowest BCUT2D eigenvalue weighted by Gasteiger charge is -2.13. The predicted octanol–water partition coefficient (Wildman–Crippen LogP) is 4.88. The molecule has 0 saturated heterocycles. The van der Waals surface area contributed by atoms with E-state index < -0.39 is 42.9 Å². The first kappa shape index (κ1) is 68.4. The normalized spacial score (nSPS) is 13.8. The lowest BCUT2D eigenvalue weighted by molar-refractivity contribution is -0.129. The minimum atomic E-state index is -1.30. The Morgan fingerprint density at radius 3 is 1.55 bits per heavy atom. The predicted molar refractivity (Wildman–Crippen MR) is 249 cm³/mol. The molecule has 67 heavy (non-hydrogen) atoms. The van der Waals surface area contributed by atoms with Crippen LogP contribution < -0.4 is 0 Å². The number of hydrogen-bond donors (Lipinski definition) is 8. The molecule has 1 aliphatic carbocycles. The summed E-state index contributed by atoms with van der Waals surface area (Å²) in [5, 5.41) is 68.7. The number of benzene rings is 1. The largest absolute Gasteiger partial charge is 0.466 e. The van der Waals surface area contributed by atoms with Crippen LogP contribution in [0.1, 0.15) is 159 Å². The standard InChI is InChI=1S/C10H8O4.C8H8O2.C8H16O2.C6H10O2.C6H12O2.2C4H8O2.C3H6O2/c11-9(7-3-1-5-13-7)10(12)8-4-2-6-14-8;9-6-8(10)7-4-2-1-3-5-7;1-3-5-7(9)8(10)6-4-2;7-5-3-1-2-4-6(5)8;1-3-5(7)6(8)4-2;1-3(5)4(2)6;1-2-4(6)3-5;1-3(5)2-4/h1-6,9,11H;1-5,9H,6H2;7,9H,3-6H2,1-2H3;5,7H,1-4H2;5,7H,3-4H2,1-2H3;3,5H,1-2H3;5H,2-3H2,1H3;4H,2H2,1H3. The van der Waals surface area contributed by atoms with Crippen LogP contribution in [0.5, 0.6) is 0 Å². The van der Waals surface area contributed by atoms with Crippen LogP contribution in [0, 0.1) is 0 Å². The molecule has 2 aromatic heterocycles. The van der Waals surface area contributed by atoms with Crippen molar-refractivity contribution in [3.8, 4) is 0 Å². The number of Topliss-reactive ketones (excluding diaryl/α,β-unsaturated/α-hetero) is 8. The molecule has 3 aromatic rings. The van der Waals surface area contributed by atoms with Gasteiger partial charge in [-0.2, -0.15) is 0 Å². The molecule has 0 radical (unpaired) electrons. The van der Waals surface area contributed by atoms with Crippen LogP contribution in [0.2, 0.25) is 0 Å². The summed E-state index contributed by atoms with van der Waals surface area (Å²) in [5.41, 5.74) is 0.560. The average Bonchev–Trinajstić information content (AvgIpc) is 4.09. The highest BCUT2D eigenvalue weighted by Gasteiger charge is 2.23. The van der Waals surface area contributed by atoms with E-state index in [0.717, 1.165) is 25.7 Å². The fraction of sp³-hybridized carbons (Fsp3) is 0.551. The van der Waals surface area contributed by atoms with Crippen molar-refractivity contribution >= 4 is 46.3 Å². The summed E-state index contributed by atoms with van der Waals surface area (Å²) in [6.07, 6.45) is 6.11. The molecule has 2 heterocycles. The van der Waals surface area contributed by atoms with Crippen LogP contribution in [0.15, 0.2) is 76.0 Å². The number of carbonyl (C=O) groups excluding carboxylic acids is 8. The molecular weight excluding hydrogens is 877 g/mol. The van der Waals surface area contributed by atoms with Crippen molar-refractivity contribution < 1.29 is 88.0 Å². The quantitative estimate of drug-likeness (QED) is 0.0836. The molecule has 18 nitrogen and oxygen atoms in total. The van der Waals surface area contributed by atoms with E-state index in [2.05, 4.69) is 0 Å². The van der Waals surface area contributed by atoms with Crippen molar-refractivity contribution in [2.24, 2.45) is 0 Å². The van der Waals surface area contributed by atoms with Gasteiger partial charge in [0, 0.05) is 31.2 Å². The molecule has 4 rings (SSSR count).